The second kappa shape index (κ2) is 9.05. The number of likely N-dealkylation sites (tertiary alicyclic amines) is 1. The first kappa shape index (κ1) is 19.4. The molecule has 0 atom stereocenters. The molecule has 0 spiro atoms. The number of nitrogens with zero attached hydrogens (tertiary/aromatic N) is 2. The lowest BCUT2D eigenvalue weighted by atomic mass is 9.86. The van der Waals surface area contributed by atoms with Crippen LogP contribution in [0.3, 0.4) is 0 Å². The summed E-state index contributed by atoms with van der Waals surface area (Å²) in [5, 5.41) is 2.94. The SMILES string of the molecule is CC1CCC(N(CCN2CCCC2)C(=O)Nc2ccc(F)c(Cl)c2)CC1. The highest BCUT2D eigenvalue weighted by Gasteiger charge is 2.28. The topological polar surface area (TPSA) is 35.6 Å². The van der Waals surface area contributed by atoms with Gasteiger partial charge in [-0.2, -0.15) is 0 Å². The van der Waals surface area contributed by atoms with Crippen molar-refractivity contribution in [1.82, 2.24) is 9.80 Å². The predicted molar refractivity (Wildman–Crippen MR) is 104 cm³/mol. The Morgan fingerprint density at radius 1 is 1.27 bits per heavy atom. The molecule has 2 fully saturated rings. The van der Waals surface area contributed by atoms with Crippen LogP contribution in [0.4, 0.5) is 14.9 Å². The molecule has 144 valence electrons. The van der Waals surface area contributed by atoms with Crippen molar-refractivity contribution in [2.75, 3.05) is 31.5 Å². The molecule has 1 N–H and O–H groups in total. The molecule has 3 rings (SSSR count). The third kappa shape index (κ3) is 5.10. The van der Waals surface area contributed by atoms with Crippen LogP contribution in [0.5, 0.6) is 0 Å². The summed E-state index contributed by atoms with van der Waals surface area (Å²) >= 11 is 5.84. The summed E-state index contributed by atoms with van der Waals surface area (Å²) in [7, 11) is 0. The third-order valence-electron chi connectivity index (χ3n) is 5.71. The largest absolute Gasteiger partial charge is 0.322 e. The van der Waals surface area contributed by atoms with Crippen LogP contribution >= 0.6 is 11.6 Å². The van der Waals surface area contributed by atoms with E-state index in [1.807, 2.05) is 4.90 Å². The monoisotopic (exact) mass is 381 g/mol. The number of urea groups is 1. The minimum Gasteiger partial charge on any atom is -0.320 e. The summed E-state index contributed by atoms with van der Waals surface area (Å²) in [6.45, 7) is 6.20. The van der Waals surface area contributed by atoms with Gasteiger partial charge < -0.3 is 15.1 Å². The van der Waals surface area contributed by atoms with Crippen molar-refractivity contribution in [3.63, 3.8) is 0 Å². The summed E-state index contributed by atoms with van der Waals surface area (Å²) in [5.41, 5.74) is 0.539. The summed E-state index contributed by atoms with van der Waals surface area (Å²) in [5.74, 6) is 0.266. The van der Waals surface area contributed by atoms with E-state index < -0.39 is 5.82 Å². The Kier molecular flexibility index (Phi) is 6.76. The van der Waals surface area contributed by atoms with Crippen LogP contribution < -0.4 is 5.32 Å². The van der Waals surface area contributed by atoms with E-state index >= 15 is 0 Å². The van der Waals surface area contributed by atoms with E-state index in [-0.39, 0.29) is 17.1 Å². The Morgan fingerprint density at radius 2 is 1.96 bits per heavy atom. The molecule has 4 nitrogen and oxygen atoms in total. The Balaban J connectivity index is 1.65. The molecule has 1 aromatic rings. The molecule has 0 unspecified atom stereocenters. The second-order valence-electron chi connectivity index (χ2n) is 7.71. The van der Waals surface area contributed by atoms with Gasteiger partial charge >= 0.3 is 6.03 Å². The molecule has 1 heterocycles. The van der Waals surface area contributed by atoms with E-state index in [2.05, 4.69) is 17.1 Å². The maximum Gasteiger partial charge on any atom is 0.322 e. The quantitative estimate of drug-likeness (QED) is 0.780. The first-order chi connectivity index (χ1) is 12.5. The van der Waals surface area contributed by atoms with Gasteiger partial charge in [0.1, 0.15) is 5.82 Å². The number of halogens is 2. The number of rotatable bonds is 5. The molecular weight excluding hydrogens is 353 g/mol. The van der Waals surface area contributed by atoms with Gasteiger partial charge in [0.05, 0.1) is 5.02 Å². The first-order valence-electron chi connectivity index (χ1n) is 9.78. The number of benzene rings is 1. The van der Waals surface area contributed by atoms with Gasteiger partial charge in [0.2, 0.25) is 0 Å². The molecule has 2 amide bonds. The molecule has 1 aromatic carbocycles. The number of nitrogens with one attached hydrogen (secondary N) is 1. The van der Waals surface area contributed by atoms with Gasteiger partial charge in [0, 0.05) is 24.8 Å². The van der Waals surface area contributed by atoms with Gasteiger partial charge in [-0.1, -0.05) is 18.5 Å². The van der Waals surface area contributed by atoms with Gasteiger partial charge in [-0.25, -0.2) is 9.18 Å². The normalized spacial score (nSPS) is 23.8. The van der Waals surface area contributed by atoms with Gasteiger partial charge in [-0.15, -0.1) is 0 Å². The minimum absolute atomic E-state index is 0.0258. The van der Waals surface area contributed by atoms with Crippen LogP contribution in [-0.2, 0) is 0 Å². The van der Waals surface area contributed by atoms with Gasteiger partial charge in [-0.3, -0.25) is 0 Å². The number of carbonyl (C=O) groups is 1. The zero-order valence-corrected chi connectivity index (χ0v) is 16.3. The first-order valence-corrected chi connectivity index (χ1v) is 10.2. The highest BCUT2D eigenvalue weighted by Crippen LogP contribution is 2.28. The lowest BCUT2D eigenvalue weighted by Crippen LogP contribution is -2.47. The summed E-state index contributed by atoms with van der Waals surface area (Å²) < 4.78 is 13.4. The van der Waals surface area contributed by atoms with E-state index in [1.54, 1.807) is 6.07 Å². The van der Waals surface area contributed by atoms with E-state index in [9.17, 15) is 9.18 Å². The zero-order valence-electron chi connectivity index (χ0n) is 15.5. The van der Waals surface area contributed by atoms with Crippen molar-refractivity contribution in [3.8, 4) is 0 Å². The van der Waals surface area contributed by atoms with Crippen LogP contribution in [0.1, 0.15) is 45.4 Å². The second-order valence-corrected chi connectivity index (χ2v) is 8.12. The van der Waals surface area contributed by atoms with Crippen molar-refractivity contribution in [2.24, 2.45) is 5.92 Å². The van der Waals surface area contributed by atoms with Gasteiger partial charge in [0.15, 0.2) is 0 Å². The van der Waals surface area contributed by atoms with Crippen LogP contribution in [0, 0.1) is 11.7 Å². The summed E-state index contributed by atoms with van der Waals surface area (Å²) in [4.78, 5) is 17.4. The maximum atomic E-state index is 13.4. The van der Waals surface area contributed by atoms with Crippen LogP contribution in [0.15, 0.2) is 18.2 Å². The molecule has 0 radical (unpaired) electrons. The highest BCUT2D eigenvalue weighted by atomic mass is 35.5. The van der Waals surface area contributed by atoms with E-state index in [4.69, 9.17) is 11.6 Å². The average Bonchev–Trinajstić information content (AvgIpc) is 3.13. The van der Waals surface area contributed by atoms with Crippen molar-refractivity contribution >= 4 is 23.3 Å². The Labute approximate surface area is 160 Å². The number of anilines is 1. The Morgan fingerprint density at radius 3 is 2.62 bits per heavy atom. The van der Waals surface area contributed by atoms with Crippen LogP contribution in [0.25, 0.3) is 0 Å². The fourth-order valence-corrected chi connectivity index (χ4v) is 4.21. The van der Waals surface area contributed by atoms with E-state index in [1.165, 1.54) is 37.8 Å². The Hall–Kier alpha value is -1.33. The molecule has 2 aliphatic rings. The van der Waals surface area contributed by atoms with E-state index in [0.717, 1.165) is 44.9 Å². The fourth-order valence-electron chi connectivity index (χ4n) is 4.03. The van der Waals surface area contributed by atoms with Crippen molar-refractivity contribution < 1.29 is 9.18 Å². The van der Waals surface area contributed by atoms with Crippen molar-refractivity contribution in [3.05, 3.63) is 29.0 Å². The molecule has 1 saturated carbocycles. The standard InChI is InChI=1S/C20H29ClFN3O/c1-15-4-7-17(8-5-15)25(13-12-24-10-2-3-11-24)20(26)23-16-6-9-19(22)18(21)14-16/h6,9,14-15,17H,2-5,7-8,10-13H2,1H3,(H,23,26). The molecule has 26 heavy (non-hydrogen) atoms. The highest BCUT2D eigenvalue weighted by molar-refractivity contribution is 6.31. The molecule has 1 aliphatic heterocycles. The number of hydrogen-bond acceptors (Lipinski definition) is 2. The molecule has 1 aliphatic carbocycles. The summed E-state index contributed by atoms with van der Waals surface area (Å²) in [6, 6.07) is 4.49. The number of amides is 2. The molecule has 0 bridgehead atoms. The van der Waals surface area contributed by atoms with Crippen LogP contribution in [-0.4, -0.2) is 48.1 Å². The average molecular weight is 382 g/mol. The maximum absolute atomic E-state index is 13.4. The molecule has 6 heteroatoms. The smallest absolute Gasteiger partial charge is 0.320 e. The zero-order chi connectivity index (χ0) is 18.5. The lowest BCUT2D eigenvalue weighted by molar-refractivity contribution is 0.145. The fraction of sp³-hybridized carbons (Fsp3) is 0.650. The molecule has 1 saturated heterocycles. The molecule has 0 aromatic heterocycles. The van der Waals surface area contributed by atoms with Crippen molar-refractivity contribution in [1.29, 1.82) is 0 Å². The summed E-state index contributed by atoms with van der Waals surface area (Å²) in [6.07, 6.45) is 6.95. The van der Waals surface area contributed by atoms with Crippen molar-refractivity contribution in [2.45, 2.75) is 51.5 Å². The number of carbonyl (C=O) groups excluding carboxylic acids is 1. The lowest BCUT2D eigenvalue weighted by Gasteiger charge is -2.37. The van der Waals surface area contributed by atoms with Gasteiger partial charge in [0.25, 0.3) is 0 Å². The number of hydrogen-bond donors (Lipinski definition) is 1. The predicted octanol–water partition coefficient (Wildman–Crippen LogP) is 4.99. The molecular formula is C20H29ClFN3O. The van der Waals surface area contributed by atoms with E-state index in [0.29, 0.717) is 5.69 Å². The third-order valence-corrected chi connectivity index (χ3v) is 6.00. The minimum atomic E-state index is -0.475. The Bertz CT molecular complexity index is 613. The van der Waals surface area contributed by atoms with Crippen LogP contribution in [0.2, 0.25) is 5.02 Å². The van der Waals surface area contributed by atoms with Gasteiger partial charge in [-0.05, 0) is 75.7 Å².